The first kappa shape index (κ1) is 16.3. The molecule has 0 saturated carbocycles. The summed E-state index contributed by atoms with van der Waals surface area (Å²) in [6, 6.07) is 10.1. The smallest absolute Gasteiger partial charge is 0.270 e. The van der Waals surface area contributed by atoms with Crippen molar-refractivity contribution in [2.75, 3.05) is 0 Å². The van der Waals surface area contributed by atoms with E-state index in [1.165, 1.54) is 12.1 Å². The van der Waals surface area contributed by atoms with Gasteiger partial charge in [0.15, 0.2) is 0 Å². The molecule has 0 aliphatic heterocycles. The number of nitrogens with zero attached hydrogens (tertiary/aromatic N) is 1. The Morgan fingerprint density at radius 1 is 1.24 bits per heavy atom. The lowest BCUT2D eigenvalue weighted by atomic mass is 10.2. The molecule has 0 N–H and O–H groups in total. The molecular weight excluding hydrogens is 425 g/mol. The maximum Gasteiger partial charge on any atom is 0.270 e. The molecule has 0 amide bonds. The van der Waals surface area contributed by atoms with Crippen LogP contribution in [-0.2, 0) is 11.9 Å². The van der Waals surface area contributed by atoms with E-state index in [4.69, 9.17) is 16.3 Å². The van der Waals surface area contributed by atoms with Crippen molar-refractivity contribution >= 4 is 49.1 Å². The van der Waals surface area contributed by atoms with E-state index in [2.05, 4.69) is 31.9 Å². The van der Waals surface area contributed by atoms with Crippen molar-refractivity contribution in [1.82, 2.24) is 0 Å². The van der Waals surface area contributed by atoms with Gasteiger partial charge in [0.1, 0.15) is 12.4 Å². The van der Waals surface area contributed by atoms with Crippen LogP contribution in [0.4, 0.5) is 5.69 Å². The summed E-state index contributed by atoms with van der Waals surface area (Å²) in [6.45, 7) is 0.239. The molecular formula is C14H10Br2ClNO3. The van der Waals surface area contributed by atoms with Gasteiger partial charge in [-0.15, -0.1) is 0 Å². The van der Waals surface area contributed by atoms with Crippen molar-refractivity contribution in [3.05, 3.63) is 67.1 Å². The number of hydrogen-bond donors (Lipinski definition) is 0. The number of nitro groups is 1. The third-order valence-corrected chi connectivity index (χ3v) is 4.40. The largest absolute Gasteiger partial charge is 0.488 e. The van der Waals surface area contributed by atoms with Gasteiger partial charge < -0.3 is 4.74 Å². The summed E-state index contributed by atoms with van der Waals surface area (Å²) in [5.74, 6) is 0.689. The fraction of sp³-hybridized carbons (Fsp3) is 0.143. The van der Waals surface area contributed by atoms with Crippen LogP contribution in [-0.4, -0.2) is 4.92 Å². The Balaban J connectivity index is 2.11. The summed E-state index contributed by atoms with van der Waals surface area (Å²) in [5.41, 5.74) is 1.79. The van der Waals surface area contributed by atoms with Crippen LogP contribution in [0.2, 0.25) is 5.02 Å². The molecule has 0 aliphatic carbocycles. The average Bonchev–Trinajstić information content (AvgIpc) is 2.46. The molecule has 2 aromatic rings. The second-order valence-corrected chi connectivity index (χ2v) is 6.04. The third-order valence-electron chi connectivity index (χ3n) is 2.78. The van der Waals surface area contributed by atoms with Gasteiger partial charge in [-0.3, -0.25) is 10.1 Å². The van der Waals surface area contributed by atoms with Gasteiger partial charge in [-0.1, -0.05) is 33.6 Å². The molecule has 0 saturated heterocycles. The minimum Gasteiger partial charge on any atom is -0.488 e. The first-order chi connectivity index (χ1) is 10.0. The zero-order valence-electron chi connectivity index (χ0n) is 10.7. The van der Waals surface area contributed by atoms with Crippen LogP contribution in [0.1, 0.15) is 11.1 Å². The molecule has 0 unspecified atom stereocenters. The Labute approximate surface area is 143 Å². The predicted molar refractivity (Wildman–Crippen MR) is 89.2 cm³/mol. The Morgan fingerprint density at radius 2 is 2.00 bits per heavy atom. The molecule has 7 heteroatoms. The topological polar surface area (TPSA) is 52.4 Å². The van der Waals surface area contributed by atoms with Crippen LogP contribution in [0, 0.1) is 10.1 Å². The highest BCUT2D eigenvalue weighted by Crippen LogP contribution is 2.29. The summed E-state index contributed by atoms with van der Waals surface area (Å²) in [4.78, 5) is 10.2. The van der Waals surface area contributed by atoms with Crippen molar-refractivity contribution in [2.45, 2.75) is 11.9 Å². The molecule has 2 rings (SSSR count). The molecule has 0 heterocycles. The lowest BCUT2D eigenvalue weighted by molar-refractivity contribution is -0.384. The molecule has 0 bridgehead atoms. The van der Waals surface area contributed by atoms with Crippen LogP contribution in [0.5, 0.6) is 5.75 Å². The van der Waals surface area contributed by atoms with E-state index in [9.17, 15) is 10.1 Å². The van der Waals surface area contributed by atoms with Crippen LogP contribution in [0.3, 0.4) is 0 Å². The van der Waals surface area contributed by atoms with E-state index in [1.54, 1.807) is 6.07 Å². The maximum atomic E-state index is 10.7. The Hall–Kier alpha value is -1.11. The molecule has 0 spiro atoms. The summed E-state index contributed by atoms with van der Waals surface area (Å²) in [7, 11) is 0. The normalized spacial score (nSPS) is 10.4. The van der Waals surface area contributed by atoms with Crippen LogP contribution >= 0.6 is 43.5 Å². The predicted octanol–water partition coefficient (Wildman–Crippen LogP) is 5.48. The van der Waals surface area contributed by atoms with E-state index in [0.717, 1.165) is 15.4 Å². The first-order valence-electron chi connectivity index (χ1n) is 5.91. The molecule has 110 valence electrons. The molecule has 0 aromatic heterocycles. The zero-order chi connectivity index (χ0) is 15.4. The molecule has 0 fully saturated rings. The number of nitro benzene ring substituents is 1. The maximum absolute atomic E-state index is 10.7. The Kier molecular flexibility index (Phi) is 5.61. The summed E-state index contributed by atoms with van der Waals surface area (Å²) >= 11 is 12.9. The second kappa shape index (κ2) is 7.24. The van der Waals surface area contributed by atoms with E-state index in [0.29, 0.717) is 16.3 Å². The molecule has 2 aromatic carbocycles. The Morgan fingerprint density at radius 3 is 2.57 bits per heavy atom. The molecule has 0 atom stereocenters. The number of hydrogen-bond acceptors (Lipinski definition) is 3. The highest BCUT2D eigenvalue weighted by molar-refractivity contribution is 9.10. The minimum absolute atomic E-state index is 0.0356. The number of ether oxygens (including phenoxy) is 1. The van der Waals surface area contributed by atoms with Gasteiger partial charge in [-0.25, -0.2) is 0 Å². The second-order valence-electron chi connectivity index (χ2n) is 4.22. The number of benzene rings is 2. The van der Waals surface area contributed by atoms with E-state index >= 15 is 0 Å². The van der Waals surface area contributed by atoms with Crippen molar-refractivity contribution in [1.29, 1.82) is 0 Å². The lowest BCUT2D eigenvalue weighted by Gasteiger charge is -2.10. The van der Waals surface area contributed by atoms with Crippen molar-refractivity contribution < 1.29 is 9.66 Å². The fourth-order valence-corrected chi connectivity index (χ4v) is 2.79. The average molecular weight is 435 g/mol. The number of non-ortho nitro benzene ring substituents is 1. The van der Waals surface area contributed by atoms with Crippen molar-refractivity contribution in [3.63, 3.8) is 0 Å². The highest BCUT2D eigenvalue weighted by atomic mass is 79.9. The van der Waals surface area contributed by atoms with Crippen LogP contribution < -0.4 is 4.74 Å². The van der Waals surface area contributed by atoms with Gasteiger partial charge in [0.25, 0.3) is 5.69 Å². The molecule has 21 heavy (non-hydrogen) atoms. The van der Waals surface area contributed by atoms with Gasteiger partial charge >= 0.3 is 0 Å². The van der Waals surface area contributed by atoms with Gasteiger partial charge in [0.05, 0.1) is 14.4 Å². The number of halogens is 3. The van der Waals surface area contributed by atoms with Gasteiger partial charge in [-0.05, 0) is 39.7 Å². The summed E-state index contributed by atoms with van der Waals surface area (Å²) < 4.78 is 6.53. The highest BCUT2D eigenvalue weighted by Gasteiger charge is 2.10. The Bertz CT molecular complexity index is 679. The van der Waals surface area contributed by atoms with Crippen molar-refractivity contribution in [2.24, 2.45) is 0 Å². The fourth-order valence-electron chi connectivity index (χ4n) is 1.67. The zero-order valence-corrected chi connectivity index (χ0v) is 14.6. The SMILES string of the molecule is O=[N+]([O-])c1ccc(COc2ccc(CBr)cc2Br)c(Cl)c1. The standard InChI is InChI=1S/C14H10Br2ClNO3/c15-7-9-1-4-14(12(16)5-9)21-8-10-2-3-11(18(19)20)6-13(10)17/h1-6H,7-8H2. The first-order valence-corrected chi connectivity index (χ1v) is 8.20. The van der Waals surface area contributed by atoms with E-state index < -0.39 is 4.92 Å². The third kappa shape index (κ3) is 4.18. The minimum atomic E-state index is -0.480. The van der Waals surface area contributed by atoms with E-state index in [-0.39, 0.29) is 12.3 Å². The van der Waals surface area contributed by atoms with Crippen LogP contribution in [0.25, 0.3) is 0 Å². The molecule has 0 radical (unpaired) electrons. The lowest BCUT2D eigenvalue weighted by Crippen LogP contribution is -1.98. The quantitative estimate of drug-likeness (QED) is 0.355. The van der Waals surface area contributed by atoms with E-state index in [1.807, 2.05) is 18.2 Å². The van der Waals surface area contributed by atoms with Gasteiger partial charge in [-0.2, -0.15) is 0 Å². The monoisotopic (exact) mass is 433 g/mol. The van der Waals surface area contributed by atoms with Gasteiger partial charge in [0.2, 0.25) is 0 Å². The number of alkyl halides is 1. The summed E-state index contributed by atoms with van der Waals surface area (Å²) in [5, 5.41) is 11.7. The van der Waals surface area contributed by atoms with Crippen LogP contribution in [0.15, 0.2) is 40.9 Å². The van der Waals surface area contributed by atoms with Crippen molar-refractivity contribution in [3.8, 4) is 5.75 Å². The van der Waals surface area contributed by atoms with Gasteiger partial charge in [0, 0.05) is 23.0 Å². The molecule has 0 aliphatic rings. The number of rotatable bonds is 5. The summed E-state index contributed by atoms with van der Waals surface area (Å²) in [6.07, 6.45) is 0. The molecule has 4 nitrogen and oxygen atoms in total.